The van der Waals surface area contributed by atoms with Gasteiger partial charge in [0, 0.05) is 18.9 Å². The van der Waals surface area contributed by atoms with Crippen LogP contribution in [0.2, 0.25) is 0 Å². The average Bonchev–Trinajstić information content (AvgIpc) is 2.78. The van der Waals surface area contributed by atoms with Crippen LogP contribution in [0.25, 0.3) is 0 Å². The molecule has 1 aromatic heterocycles. The van der Waals surface area contributed by atoms with Crippen LogP contribution in [0.4, 0.5) is 5.95 Å². The minimum atomic E-state index is -0.483. The van der Waals surface area contributed by atoms with E-state index in [1.807, 2.05) is 0 Å². The lowest BCUT2D eigenvalue weighted by Crippen LogP contribution is -2.34. The minimum absolute atomic E-state index is 0.133. The van der Waals surface area contributed by atoms with Gasteiger partial charge in [-0.2, -0.15) is 0 Å². The molecule has 0 spiro atoms. The van der Waals surface area contributed by atoms with Crippen LogP contribution in [0, 0.1) is 0 Å². The highest BCUT2D eigenvalue weighted by atomic mass is 16.2. The van der Waals surface area contributed by atoms with Gasteiger partial charge in [0.15, 0.2) is 0 Å². The van der Waals surface area contributed by atoms with Gasteiger partial charge in [-0.3, -0.25) is 14.5 Å². The molecule has 1 aromatic rings. The number of hydrogen-bond acceptors (Lipinski definition) is 4. The summed E-state index contributed by atoms with van der Waals surface area (Å²) in [5.41, 5.74) is 0. The van der Waals surface area contributed by atoms with Crippen molar-refractivity contribution in [2.24, 2.45) is 0 Å². The third-order valence-electron chi connectivity index (χ3n) is 2.37. The Balaban J connectivity index is 2.06. The summed E-state index contributed by atoms with van der Waals surface area (Å²) in [6.45, 7) is 2.21. The third-order valence-corrected chi connectivity index (χ3v) is 2.37. The Bertz CT molecular complexity index is 373. The molecule has 6 heteroatoms. The van der Waals surface area contributed by atoms with Crippen molar-refractivity contribution >= 4 is 17.8 Å². The Labute approximate surface area is 86.7 Å². The summed E-state index contributed by atoms with van der Waals surface area (Å²) in [5, 5.41) is 2.89. The molecule has 2 N–H and O–H groups in total. The number of likely N-dealkylation sites (N-methyl/N-ethyl adjacent to an activating group) is 1. The van der Waals surface area contributed by atoms with Gasteiger partial charge in [0.1, 0.15) is 6.04 Å². The molecule has 2 amide bonds. The number of nitrogens with zero attached hydrogens (tertiary/aromatic N) is 2. The lowest BCUT2D eigenvalue weighted by molar-refractivity contribution is -0.138. The molecular weight excluding hydrogens is 196 g/mol. The van der Waals surface area contributed by atoms with E-state index in [1.54, 1.807) is 19.3 Å². The lowest BCUT2D eigenvalue weighted by Gasteiger charge is -2.12. The third kappa shape index (κ3) is 1.70. The first kappa shape index (κ1) is 9.70. The van der Waals surface area contributed by atoms with Crippen LogP contribution >= 0.6 is 0 Å². The average molecular weight is 208 g/mol. The number of anilines is 1. The van der Waals surface area contributed by atoms with Crippen LogP contribution in [0.1, 0.15) is 13.3 Å². The Morgan fingerprint density at radius 2 is 2.47 bits per heavy atom. The largest absolute Gasteiger partial charge is 0.343 e. The summed E-state index contributed by atoms with van der Waals surface area (Å²) in [4.78, 5) is 31.1. The molecule has 0 radical (unpaired) electrons. The number of nitrogens with one attached hydrogen (secondary N) is 2. The van der Waals surface area contributed by atoms with E-state index in [0.29, 0.717) is 12.5 Å². The second-order valence-electron chi connectivity index (χ2n) is 3.32. The number of amides is 2. The van der Waals surface area contributed by atoms with E-state index < -0.39 is 6.04 Å². The summed E-state index contributed by atoms with van der Waals surface area (Å²) in [7, 11) is 0. The standard InChI is InChI=1S/C9H12N4O2/c1-2-13-7(14)5-6(8(13)15)12-9-10-3-4-11-9/h3-4,6H,2,5H2,1H3,(H2,10,11,12). The topological polar surface area (TPSA) is 78.1 Å². The van der Waals surface area contributed by atoms with E-state index in [2.05, 4.69) is 15.3 Å². The number of aromatic amines is 1. The van der Waals surface area contributed by atoms with Crippen LogP contribution in [0.3, 0.4) is 0 Å². The molecule has 0 aromatic carbocycles. The summed E-state index contributed by atoms with van der Waals surface area (Å²) < 4.78 is 0. The zero-order valence-electron chi connectivity index (χ0n) is 8.36. The Kier molecular flexibility index (Phi) is 2.40. The number of carbonyl (C=O) groups is 2. The Morgan fingerprint density at radius 3 is 3.00 bits per heavy atom. The molecule has 1 aliphatic rings. The number of imide groups is 1. The Hall–Kier alpha value is -1.85. The van der Waals surface area contributed by atoms with Gasteiger partial charge < -0.3 is 10.3 Å². The van der Waals surface area contributed by atoms with Gasteiger partial charge in [0.2, 0.25) is 11.9 Å². The molecule has 1 aliphatic heterocycles. The van der Waals surface area contributed by atoms with Crippen molar-refractivity contribution in [3.63, 3.8) is 0 Å². The van der Waals surface area contributed by atoms with E-state index in [0.717, 1.165) is 0 Å². The molecule has 1 atom stereocenters. The smallest absolute Gasteiger partial charge is 0.252 e. The predicted molar refractivity (Wildman–Crippen MR) is 53.0 cm³/mol. The number of likely N-dealkylation sites (tertiary alicyclic amines) is 1. The maximum atomic E-state index is 11.7. The van der Waals surface area contributed by atoms with Gasteiger partial charge in [-0.25, -0.2) is 4.98 Å². The molecule has 1 saturated heterocycles. The maximum Gasteiger partial charge on any atom is 0.252 e. The second-order valence-corrected chi connectivity index (χ2v) is 3.32. The Morgan fingerprint density at radius 1 is 1.67 bits per heavy atom. The van der Waals surface area contributed by atoms with Crippen molar-refractivity contribution in [2.45, 2.75) is 19.4 Å². The van der Waals surface area contributed by atoms with Crippen molar-refractivity contribution in [3.8, 4) is 0 Å². The van der Waals surface area contributed by atoms with Crippen molar-refractivity contribution in [2.75, 3.05) is 11.9 Å². The number of imidazole rings is 1. The molecule has 2 heterocycles. The molecule has 80 valence electrons. The van der Waals surface area contributed by atoms with Crippen molar-refractivity contribution in [1.29, 1.82) is 0 Å². The van der Waals surface area contributed by atoms with Crippen molar-refractivity contribution in [3.05, 3.63) is 12.4 Å². The molecule has 0 saturated carbocycles. The van der Waals surface area contributed by atoms with E-state index in [4.69, 9.17) is 0 Å². The van der Waals surface area contributed by atoms with Gasteiger partial charge in [-0.15, -0.1) is 0 Å². The highest BCUT2D eigenvalue weighted by molar-refractivity contribution is 6.06. The van der Waals surface area contributed by atoms with Gasteiger partial charge in [0.25, 0.3) is 5.91 Å². The summed E-state index contributed by atoms with van der Waals surface area (Å²) in [6, 6.07) is -0.483. The number of hydrogen-bond donors (Lipinski definition) is 2. The van der Waals surface area contributed by atoms with Crippen molar-refractivity contribution in [1.82, 2.24) is 14.9 Å². The number of H-pyrrole nitrogens is 1. The van der Waals surface area contributed by atoms with Gasteiger partial charge in [0.05, 0.1) is 6.42 Å². The van der Waals surface area contributed by atoms with Crippen LogP contribution in [0.5, 0.6) is 0 Å². The van der Waals surface area contributed by atoms with Crippen LogP contribution in [-0.2, 0) is 9.59 Å². The molecule has 1 unspecified atom stereocenters. The SMILES string of the molecule is CCN1C(=O)CC(Nc2ncc[nH]2)C1=O. The monoisotopic (exact) mass is 208 g/mol. The summed E-state index contributed by atoms with van der Waals surface area (Å²) in [6.07, 6.45) is 3.44. The van der Waals surface area contributed by atoms with Gasteiger partial charge in [-0.1, -0.05) is 0 Å². The fourth-order valence-corrected chi connectivity index (χ4v) is 1.64. The molecule has 15 heavy (non-hydrogen) atoms. The summed E-state index contributed by atoms with van der Waals surface area (Å²) in [5.74, 6) is 0.199. The zero-order chi connectivity index (χ0) is 10.8. The second kappa shape index (κ2) is 3.72. The molecule has 0 aliphatic carbocycles. The van der Waals surface area contributed by atoms with Crippen LogP contribution in [-0.4, -0.2) is 39.3 Å². The fraction of sp³-hybridized carbons (Fsp3) is 0.444. The normalized spacial score (nSPS) is 21.1. The molecule has 0 bridgehead atoms. The fourth-order valence-electron chi connectivity index (χ4n) is 1.64. The molecule has 6 nitrogen and oxygen atoms in total. The zero-order valence-corrected chi connectivity index (χ0v) is 8.36. The highest BCUT2D eigenvalue weighted by Gasteiger charge is 2.37. The quantitative estimate of drug-likeness (QED) is 0.684. The first-order valence-corrected chi connectivity index (χ1v) is 4.82. The number of rotatable bonds is 3. The van der Waals surface area contributed by atoms with E-state index in [1.165, 1.54) is 4.90 Å². The van der Waals surface area contributed by atoms with Crippen LogP contribution < -0.4 is 5.32 Å². The highest BCUT2D eigenvalue weighted by Crippen LogP contribution is 2.15. The van der Waals surface area contributed by atoms with Gasteiger partial charge in [-0.05, 0) is 6.92 Å². The lowest BCUT2D eigenvalue weighted by atomic mass is 10.2. The molecule has 1 fully saturated rings. The predicted octanol–water partition coefficient (Wildman–Crippen LogP) is -0.0310. The van der Waals surface area contributed by atoms with E-state index in [-0.39, 0.29) is 18.2 Å². The van der Waals surface area contributed by atoms with Crippen LogP contribution in [0.15, 0.2) is 12.4 Å². The van der Waals surface area contributed by atoms with E-state index in [9.17, 15) is 9.59 Å². The summed E-state index contributed by atoms with van der Waals surface area (Å²) >= 11 is 0. The van der Waals surface area contributed by atoms with E-state index >= 15 is 0 Å². The maximum absolute atomic E-state index is 11.7. The van der Waals surface area contributed by atoms with Crippen molar-refractivity contribution < 1.29 is 9.59 Å². The minimum Gasteiger partial charge on any atom is -0.343 e. The first-order valence-electron chi connectivity index (χ1n) is 4.82. The number of aromatic nitrogens is 2. The van der Waals surface area contributed by atoms with Gasteiger partial charge >= 0.3 is 0 Å². The number of carbonyl (C=O) groups excluding carboxylic acids is 2. The molecular formula is C9H12N4O2. The first-order chi connectivity index (χ1) is 7.22. The molecule has 2 rings (SSSR count).